The first-order chi connectivity index (χ1) is 9.47. The van der Waals surface area contributed by atoms with Crippen LogP contribution in [0.3, 0.4) is 0 Å². The summed E-state index contributed by atoms with van der Waals surface area (Å²) in [7, 11) is 4.16. The summed E-state index contributed by atoms with van der Waals surface area (Å²) in [5.41, 5.74) is 8.63. The van der Waals surface area contributed by atoms with Crippen molar-refractivity contribution in [2.24, 2.45) is 10.7 Å². The van der Waals surface area contributed by atoms with E-state index in [0.29, 0.717) is 5.96 Å². The SMILES string of the molecule is CCc1ccc(C2(C)CN=C(N)N2CCN(C)C)cc1. The summed E-state index contributed by atoms with van der Waals surface area (Å²) >= 11 is 0. The molecule has 0 saturated heterocycles. The molecule has 1 unspecified atom stereocenters. The second-order valence-electron chi connectivity index (χ2n) is 5.95. The third kappa shape index (κ3) is 2.80. The summed E-state index contributed by atoms with van der Waals surface area (Å²) < 4.78 is 0. The van der Waals surface area contributed by atoms with Gasteiger partial charge in [0.2, 0.25) is 0 Å². The van der Waals surface area contributed by atoms with E-state index in [2.05, 4.69) is 67.0 Å². The molecule has 0 aliphatic carbocycles. The Morgan fingerprint density at radius 3 is 2.50 bits per heavy atom. The van der Waals surface area contributed by atoms with Gasteiger partial charge in [-0.15, -0.1) is 0 Å². The zero-order valence-electron chi connectivity index (χ0n) is 13.1. The smallest absolute Gasteiger partial charge is 0.192 e. The standard InChI is InChI=1S/C16H26N4/c1-5-13-6-8-14(9-7-13)16(2)12-18-15(17)20(16)11-10-19(3)4/h6-9H,5,10-12H2,1-4H3,(H2,17,18). The molecule has 110 valence electrons. The predicted octanol–water partition coefficient (Wildman–Crippen LogP) is 1.66. The summed E-state index contributed by atoms with van der Waals surface area (Å²) in [5, 5.41) is 0. The summed E-state index contributed by atoms with van der Waals surface area (Å²) in [5.74, 6) is 0.661. The van der Waals surface area contributed by atoms with E-state index in [-0.39, 0.29) is 5.54 Å². The number of aliphatic imine (C=N–C) groups is 1. The first-order valence-electron chi connectivity index (χ1n) is 7.29. The zero-order chi connectivity index (χ0) is 14.8. The molecule has 0 saturated carbocycles. The molecule has 0 aromatic heterocycles. The molecule has 20 heavy (non-hydrogen) atoms. The van der Waals surface area contributed by atoms with E-state index < -0.39 is 0 Å². The minimum absolute atomic E-state index is 0.119. The monoisotopic (exact) mass is 274 g/mol. The van der Waals surface area contributed by atoms with Crippen molar-refractivity contribution in [3.63, 3.8) is 0 Å². The normalized spacial score (nSPS) is 22.4. The van der Waals surface area contributed by atoms with Gasteiger partial charge in [-0.1, -0.05) is 31.2 Å². The molecule has 0 amide bonds. The van der Waals surface area contributed by atoms with E-state index in [9.17, 15) is 0 Å². The summed E-state index contributed by atoms with van der Waals surface area (Å²) in [6.07, 6.45) is 1.07. The maximum Gasteiger partial charge on any atom is 0.192 e. The zero-order valence-corrected chi connectivity index (χ0v) is 13.1. The Kier molecular flexibility index (Phi) is 4.33. The van der Waals surface area contributed by atoms with Gasteiger partial charge in [0, 0.05) is 13.1 Å². The molecule has 1 atom stereocenters. The Bertz CT molecular complexity index is 478. The highest BCUT2D eigenvalue weighted by Gasteiger charge is 2.39. The van der Waals surface area contributed by atoms with Gasteiger partial charge in [-0.05, 0) is 38.6 Å². The largest absolute Gasteiger partial charge is 0.370 e. The molecular formula is C16H26N4. The maximum absolute atomic E-state index is 6.09. The number of hydrogen-bond acceptors (Lipinski definition) is 4. The van der Waals surface area contributed by atoms with Crippen LogP contribution in [-0.4, -0.2) is 49.5 Å². The molecule has 2 rings (SSSR count). The molecule has 2 N–H and O–H groups in total. The van der Waals surface area contributed by atoms with E-state index in [1.165, 1.54) is 11.1 Å². The maximum atomic E-state index is 6.09. The number of aryl methyl sites for hydroxylation is 1. The minimum Gasteiger partial charge on any atom is -0.370 e. The summed E-state index contributed by atoms with van der Waals surface area (Å²) in [6.45, 7) is 7.01. The first-order valence-corrected chi connectivity index (χ1v) is 7.29. The average Bonchev–Trinajstić information content (AvgIpc) is 2.73. The van der Waals surface area contributed by atoms with Crippen molar-refractivity contribution in [1.29, 1.82) is 0 Å². The number of likely N-dealkylation sites (N-methyl/N-ethyl adjacent to an activating group) is 1. The van der Waals surface area contributed by atoms with Crippen LogP contribution in [0.15, 0.2) is 29.3 Å². The van der Waals surface area contributed by atoms with Gasteiger partial charge in [0.25, 0.3) is 0 Å². The van der Waals surface area contributed by atoms with Gasteiger partial charge in [0.15, 0.2) is 5.96 Å². The molecular weight excluding hydrogens is 248 g/mol. The molecule has 1 aromatic rings. The van der Waals surface area contributed by atoms with Crippen molar-refractivity contribution in [3.8, 4) is 0 Å². The lowest BCUT2D eigenvalue weighted by Gasteiger charge is -2.37. The number of guanidine groups is 1. The molecule has 1 aliphatic rings. The van der Waals surface area contributed by atoms with Crippen LogP contribution >= 0.6 is 0 Å². The lowest BCUT2D eigenvalue weighted by Crippen LogP contribution is -2.49. The van der Waals surface area contributed by atoms with E-state index in [1.807, 2.05) is 0 Å². The van der Waals surface area contributed by atoms with Crippen LogP contribution in [0.1, 0.15) is 25.0 Å². The number of rotatable bonds is 5. The third-order valence-corrected chi connectivity index (χ3v) is 4.18. The van der Waals surface area contributed by atoms with E-state index >= 15 is 0 Å². The number of nitrogens with zero attached hydrogens (tertiary/aromatic N) is 3. The van der Waals surface area contributed by atoms with Crippen LogP contribution < -0.4 is 5.73 Å². The second-order valence-corrected chi connectivity index (χ2v) is 5.95. The van der Waals surface area contributed by atoms with Crippen molar-refractivity contribution in [1.82, 2.24) is 9.80 Å². The first kappa shape index (κ1) is 14.9. The fraction of sp³-hybridized carbons (Fsp3) is 0.562. The average molecular weight is 274 g/mol. The van der Waals surface area contributed by atoms with Gasteiger partial charge >= 0.3 is 0 Å². The minimum atomic E-state index is -0.119. The highest BCUT2D eigenvalue weighted by molar-refractivity contribution is 5.81. The highest BCUT2D eigenvalue weighted by Crippen LogP contribution is 2.32. The fourth-order valence-electron chi connectivity index (χ4n) is 2.67. The van der Waals surface area contributed by atoms with Crippen LogP contribution in [0.25, 0.3) is 0 Å². The van der Waals surface area contributed by atoms with Crippen LogP contribution in [-0.2, 0) is 12.0 Å². The van der Waals surface area contributed by atoms with Gasteiger partial charge in [-0.25, -0.2) is 0 Å². The third-order valence-electron chi connectivity index (χ3n) is 4.18. The Balaban J connectivity index is 2.22. The van der Waals surface area contributed by atoms with Crippen molar-refractivity contribution in [2.75, 3.05) is 33.7 Å². The Morgan fingerprint density at radius 1 is 1.30 bits per heavy atom. The van der Waals surface area contributed by atoms with Gasteiger partial charge in [0.1, 0.15) is 0 Å². The van der Waals surface area contributed by atoms with E-state index in [0.717, 1.165) is 26.1 Å². The molecule has 0 spiro atoms. The Hall–Kier alpha value is -1.55. The van der Waals surface area contributed by atoms with Gasteiger partial charge in [-0.2, -0.15) is 0 Å². The van der Waals surface area contributed by atoms with Gasteiger partial charge < -0.3 is 15.5 Å². The molecule has 0 radical (unpaired) electrons. The number of benzene rings is 1. The molecule has 0 fully saturated rings. The van der Waals surface area contributed by atoms with Crippen molar-refractivity contribution in [3.05, 3.63) is 35.4 Å². The summed E-state index contributed by atoms with van der Waals surface area (Å²) in [4.78, 5) is 8.87. The van der Waals surface area contributed by atoms with E-state index in [4.69, 9.17) is 5.73 Å². The lowest BCUT2D eigenvalue weighted by molar-refractivity contribution is 0.205. The van der Waals surface area contributed by atoms with Gasteiger partial charge in [0.05, 0.1) is 12.1 Å². The van der Waals surface area contributed by atoms with Gasteiger partial charge in [-0.3, -0.25) is 4.99 Å². The molecule has 0 bridgehead atoms. The van der Waals surface area contributed by atoms with Crippen LogP contribution in [0.4, 0.5) is 0 Å². The molecule has 4 heteroatoms. The Labute approximate surface area is 122 Å². The Morgan fingerprint density at radius 2 is 1.95 bits per heavy atom. The molecule has 4 nitrogen and oxygen atoms in total. The molecule has 1 heterocycles. The molecule has 1 aromatic carbocycles. The second kappa shape index (κ2) is 5.83. The predicted molar refractivity (Wildman–Crippen MR) is 84.9 cm³/mol. The number of nitrogens with two attached hydrogens (primary N) is 1. The van der Waals surface area contributed by atoms with Crippen LogP contribution in [0, 0.1) is 0 Å². The lowest BCUT2D eigenvalue weighted by atomic mass is 9.90. The van der Waals surface area contributed by atoms with Crippen molar-refractivity contribution >= 4 is 5.96 Å². The summed E-state index contributed by atoms with van der Waals surface area (Å²) in [6, 6.07) is 8.85. The van der Waals surface area contributed by atoms with Crippen molar-refractivity contribution < 1.29 is 0 Å². The highest BCUT2D eigenvalue weighted by atomic mass is 15.4. The van der Waals surface area contributed by atoms with Crippen LogP contribution in [0.2, 0.25) is 0 Å². The van der Waals surface area contributed by atoms with E-state index in [1.54, 1.807) is 0 Å². The quantitative estimate of drug-likeness (QED) is 0.888. The van der Waals surface area contributed by atoms with Crippen molar-refractivity contribution in [2.45, 2.75) is 25.8 Å². The number of hydrogen-bond donors (Lipinski definition) is 1. The van der Waals surface area contributed by atoms with Crippen LogP contribution in [0.5, 0.6) is 0 Å². The fourth-order valence-corrected chi connectivity index (χ4v) is 2.67. The topological polar surface area (TPSA) is 44.9 Å². The molecule has 1 aliphatic heterocycles.